The number of para-hydroxylation sites is 1. The van der Waals surface area contributed by atoms with E-state index in [-0.39, 0.29) is 107 Å². The van der Waals surface area contributed by atoms with Crippen molar-refractivity contribution in [2.24, 2.45) is 43.6 Å². The summed E-state index contributed by atoms with van der Waals surface area (Å²) in [5.41, 5.74) is 30.0. The molecule has 0 radical (unpaired) electrons. The molecule has 0 aliphatic carbocycles. The number of nitrogens with zero attached hydrogens (tertiary/aromatic N) is 4. The first kappa shape index (κ1) is 68.1. The second kappa shape index (κ2) is 35.0. The number of fused-ring (bicyclic) bond motifs is 1. The van der Waals surface area contributed by atoms with Gasteiger partial charge in [0, 0.05) is 74.2 Å². The quantitative estimate of drug-likeness (QED) is 0.0136. The van der Waals surface area contributed by atoms with E-state index in [4.69, 9.17) is 28.7 Å². The molecule has 0 spiro atoms. The van der Waals surface area contributed by atoms with Crippen molar-refractivity contribution in [1.29, 1.82) is 0 Å². The lowest BCUT2D eigenvalue weighted by atomic mass is 10.0. The summed E-state index contributed by atoms with van der Waals surface area (Å²) in [5.74, 6) is -8.88. The number of nitrogens with one attached hydrogen (secondary N) is 10. The van der Waals surface area contributed by atoms with E-state index in [1.807, 2.05) is 18.2 Å². The molecule has 1 aromatic heterocycles. The van der Waals surface area contributed by atoms with Crippen LogP contribution in [0.3, 0.4) is 0 Å². The lowest BCUT2D eigenvalue weighted by Crippen LogP contribution is -2.61. The van der Waals surface area contributed by atoms with Gasteiger partial charge in [-0.1, -0.05) is 70.1 Å². The Kier molecular flexibility index (Phi) is 27.7. The normalized spacial score (nSPS) is 22.2. The second-order valence-electron chi connectivity index (χ2n) is 20.4. The molecule has 86 heavy (non-hydrogen) atoms. The number of imide groups is 1. The van der Waals surface area contributed by atoms with Gasteiger partial charge in [-0.2, -0.15) is 0 Å². The predicted octanol–water partition coefficient (Wildman–Crippen LogP) is -3.56. The molecular weight excluding hydrogens is 1150 g/mol. The minimum absolute atomic E-state index is 0.00771. The van der Waals surface area contributed by atoms with Crippen molar-refractivity contribution in [1.82, 2.24) is 57.7 Å². The summed E-state index contributed by atoms with van der Waals surface area (Å²) < 4.78 is 0. The van der Waals surface area contributed by atoms with Crippen LogP contribution in [0.5, 0.6) is 0 Å². The molecule has 5 rings (SSSR count). The maximum absolute atomic E-state index is 14.9. The van der Waals surface area contributed by atoms with Crippen molar-refractivity contribution < 1.29 is 53.1 Å². The minimum atomic E-state index is -1.56. The van der Waals surface area contributed by atoms with Gasteiger partial charge in [0.25, 0.3) is 5.91 Å². The third kappa shape index (κ3) is 21.8. The first-order valence-corrected chi connectivity index (χ1v) is 30.4. The predicted molar refractivity (Wildman–Crippen MR) is 326 cm³/mol. The molecule has 2 aliphatic rings. The number of nitrogens with two attached hydrogens (primary N) is 5. The van der Waals surface area contributed by atoms with Gasteiger partial charge in [0.05, 0.1) is 12.9 Å². The Bertz CT molecular complexity index is 2910. The molecule has 3 heterocycles. The Hall–Kier alpha value is -8.65. The number of rotatable bonds is 24. The number of aromatic amines is 1. The fourth-order valence-corrected chi connectivity index (χ4v) is 11.6. The maximum atomic E-state index is 14.9. The van der Waals surface area contributed by atoms with Crippen LogP contribution in [-0.2, 0) is 56.0 Å². The Morgan fingerprint density at radius 1 is 0.698 bits per heavy atom. The average Bonchev–Trinajstić information content (AvgIpc) is 4.26. The lowest BCUT2D eigenvalue weighted by Gasteiger charge is -2.29. The molecule has 2 aliphatic heterocycles. The molecule has 9 atom stereocenters. The first-order valence-electron chi connectivity index (χ1n) is 27.9. The lowest BCUT2D eigenvalue weighted by molar-refractivity contribution is -0.137. The molecule has 30 nitrogen and oxygen atoms in total. The third-order valence-corrected chi connectivity index (χ3v) is 16.2. The zero-order valence-electron chi connectivity index (χ0n) is 47.9. The van der Waals surface area contributed by atoms with E-state index >= 15 is 0 Å². The van der Waals surface area contributed by atoms with Crippen LogP contribution >= 0.6 is 21.6 Å². The fraction of sp³-hybridized carbons (Fsp3) is 0.500. The smallest absolute Gasteiger partial charge is 0.325 e. The van der Waals surface area contributed by atoms with E-state index in [1.54, 1.807) is 49.5 Å². The topological polar surface area (TPSA) is 485 Å². The van der Waals surface area contributed by atoms with Gasteiger partial charge in [-0.25, -0.2) is 4.79 Å². The van der Waals surface area contributed by atoms with Gasteiger partial charge >= 0.3 is 6.03 Å². The van der Waals surface area contributed by atoms with E-state index in [2.05, 4.69) is 67.8 Å². The van der Waals surface area contributed by atoms with Crippen molar-refractivity contribution in [3.05, 3.63) is 71.9 Å². The Balaban J connectivity index is 1.62. The second-order valence-corrected chi connectivity index (χ2v) is 23.0. The first-order chi connectivity index (χ1) is 41.2. The van der Waals surface area contributed by atoms with E-state index in [9.17, 15) is 53.1 Å². The number of primary amides is 1. The highest BCUT2D eigenvalue weighted by molar-refractivity contribution is 8.76. The number of carbonyl (C=O) groups is 10. The van der Waals surface area contributed by atoms with Gasteiger partial charge in [-0.05, 0) is 75.5 Å². The number of aliphatic hydroxyl groups is 1. The van der Waals surface area contributed by atoms with Crippen molar-refractivity contribution in [2.75, 3.05) is 44.8 Å². The van der Waals surface area contributed by atoms with Crippen molar-refractivity contribution in [3.8, 4) is 0 Å². The molecule has 1 unspecified atom stereocenters. The molecule has 32 heteroatoms. The maximum Gasteiger partial charge on any atom is 0.325 e. The molecule has 2 aromatic carbocycles. The Morgan fingerprint density at radius 2 is 1.27 bits per heavy atom. The average molecular weight is 1230 g/mol. The molecule has 21 N–H and O–H groups in total. The van der Waals surface area contributed by atoms with E-state index in [0.29, 0.717) is 11.1 Å². The molecular formula is C54H79N19O11S2. The summed E-state index contributed by atoms with van der Waals surface area (Å²) in [6, 6.07) is 2.82. The number of hydrogen-bond acceptors (Lipinski definition) is 16. The number of carbonyl (C=O) groups excluding carboxylic acids is 10. The van der Waals surface area contributed by atoms with Gasteiger partial charge in [0.2, 0.25) is 47.3 Å². The number of urea groups is 1. The number of guanidine groups is 2. The van der Waals surface area contributed by atoms with Gasteiger partial charge in [-0.15, -0.1) is 0 Å². The summed E-state index contributed by atoms with van der Waals surface area (Å²) >= 11 is 0. The summed E-state index contributed by atoms with van der Waals surface area (Å²) in [7, 11) is 3.42. The van der Waals surface area contributed by atoms with Gasteiger partial charge < -0.3 is 86.6 Å². The van der Waals surface area contributed by atoms with Gasteiger partial charge in [-0.3, -0.25) is 63.0 Å². The van der Waals surface area contributed by atoms with Crippen LogP contribution in [0.4, 0.5) is 4.79 Å². The molecule has 2 fully saturated rings. The number of aliphatic imine (C=N–C) groups is 3. The number of benzene rings is 2. The van der Waals surface area contributed by atoms with Crippen molar-refractivity contribution >= 4 is 110 Å². The van der Waals surface area contributed by atoms with E-state index in [0.717, 1.165) is 37.4 Å². The van der Waals surface area contributed by atoms with Crippen LogP contribution in [0.15, 0.2) is 75.8 Å². The number of aliphatic hydroxyl groups excluding tert-OH is 1. The van der Waals surface area contributed by atoms with Crippen LogP contribution in [0.25, 0.3) is 10.9 Å². The molecule has 468 valence electrons. The van der Waals surface area contributed by atoms with Crippen molar-refractivity contribution in [3.63, 3.8) is 0 Å². The monoisotopic (exact) mass is 1230 g/mol. The largest absolute Gasteiger partial charge is 0.396 e. The number of amides is 11. The van der Waals surface area contributed by atoms with E-state index < -0.39 is 120 Å². The highest BCUT2D eigenvalue weighted by Crippen LogP contribution is 2.25. The zero-order valence-corrected chi connectivity index (χ0v) is 49.5. The van der Waals surface area contributed by atoms with Gasteiger partial charge in [0.1, 0.15) is 48.3 Å². The fourth-order valence-electron chi connectivity index (χ4n) is 9.28. The third-order valence-electron chi connectivity index (χ3n) is 13.7. The molecule has 11 amide bonds. The Labute approximate surface area is 504 Å². The van der Waals surface area contributed by atoms with Gasteiger partial charge in [0.15, 0.2) is 11.9 Å². The molecule has 3 aromatic rings. The summed E-state index contributed by atoms with van der Waals surface area (Å²) in [6.45, 7) is 1.06. The van der Waals surface area contributed by atoms with Crippen LogP contribution in [0.2, 0.25) is 0 Å². The van der Waals surface area contributed by atoms with Crippen molar-refractivity contribution in [2.45, 2.75) is 126 Å². The van der Waals surface area contributed by atoms with Crippen LogP contribution in [-0.4, -0.2) is 192 Å². The molecule has 0 saturated carbocycles. The standard InChI is InChI=1S/C54H79N19O11S2/c1-30(65-29-60-2)22-37-47(79)69-38(23-31-12-4-3-5-13-31)48(80)66-36(17-10-19-61-52(56)57)46(78)70-39(24-32-25-63-34-15-7-6-14-33(32)34)49(81)71-40(44(55)76)27-85-86-28-41(50(82)67-35(45(77)68-37)16-8-9-21-74)72-51(83)42(18-11-20-62-53(58)59)73-43(75)26-64-54(73)84/h3-7,12-15,25,29-30,35-42,63,74H,8-11,16-24,26-28H2,1-2H3,(H2,55,76)(H,60,65)(H,64,84)(H,66,80)(H,67,82)(H,68,77)(H,69,79)(H,70,78)(H,71,81)(H,72,83)(H4,56,57,61)(H4,58,59,62)/t30?,35-,36-,37-,38+,39-,40-,41-,42-/m0/s1. The van der Waals surface area contributed by atoms with Crippen LogP contribution < -0.4 is 76.5 Å². The summed E-state index contributed by atoms with van der Waals surface area (Å²) in [4.78, 5) is 158. The Morgan fingerprint density at radius 3 is 1.91 bits per heavy atom. The van der Waals surface area contributed by atoms with E-state index in [1.165, 1.54) is 13.4 Å². The highest BCUT2D eigenvalue weighted by atomic mass is 33.1. The number of hydrogen-bond donors (Lipinski definition) is 16. The molecule has 2 saturated heterocycles. The number of unbranched alkanes of at least 4 members (excludes halogenated alkanes) is 1. The zero-order chi connectivity index (χ0) is 62.7. The number of H-pyrrole nitrogens is 1. The summed E-state index contributed by atoms with van der Waals surface area (Å²) in [5, 5.41) is 34.9. The highest BCUT2D eigenvalue weighted by Gasteiger charge is 2.41. The van der Waals surface area contributed by atoms with Crippen LogP contribution in [0, 0.1) is 0 Å². The molecule has 0 bridgehead atoms. The summed E-state index contributed by atoms with van der Waals surface area (Å²) in [6.07, 6.45) is 2.91. The minimum Gasteiger partial charge on any atom is -0.396 e. The number of aromatic nitrogens is 1. The van der Waals surface area contributed by atoms with Crippen LogP contribution in [0.1, 0.15) is 69.4 Å². The SMILES string of the molecule is CN=CNC(C)C[C@@H]1NC(=O)[C@H](CCCCO)NC(=O)[C@@H](NC(=O)[C@H](CCCN=C(N)N)N2C(=O)CNC2=O)CSSC[C@@H](C(N)=O)NC(=O)[C@H](Cc2c[nH]c3ccccc23)NC(=O)[C@H](CCCN=C(N)N)NC(=O)[C@@H](Cc2ccccc2)NC1=O.